The van der Waals surface area contributed by atoms with Crippen LogP contribution in [0.25, 0.3) is 11.0 Å². The Morgan fingerprint density at radius 3 is 2.89 bits per heavy atom. The van der Waals surface area contributed by atoms with E-state index in [4.69, 9.17) is 4.74 Å². The van der Waals surface area contributed by atoms with Crippen LogP contribution in [0.2, 0.25) is 0 Å². The second-order valence-electron chi connectivity index (χ2n) is 7.03. The van der Waals surface area contributed by atoms with Crippen LogP contribution in [0.1, 0.15) is 44.2 Å². The molecule has 0 radical (unpaired) electrons. The van der Waals surface area contributed by atoms with Crippen LogP contribution in [0, 0.1) is 0 Å². The van der Waals surface area contributed by atoms with Gasteiger partial charge in [0.15, 0.2) is 0 Å². The number of nitrogens with zero attached hydrogens (tertiary/aromatic N) is 3. The van der Waals surface area contributed by atoms with Crippen molar-refractivity contribution in [1.29, 1.82) is 0 Å². The van der Waals surface area contributed by atoms with E-state index < -0.39 is 0 Å². The Morgan fingerprint density at radius 1 is 1.22 bits per heavy atom. The lowest BCUT2D eigenvalue weighted by Crippen LogP contribution is -2.30. The third-order valence-corrected chi connectivity index (χ3v) is 5.16. The number of aromatic nitrogens is 3. The quantitative estimate of drug-likeness (QED) is 0.725. The van der Waals surface area contributed by atoms with E-state index in [0.29, 0.717) is 12.4 Å². The lowest BCUT2D eigenvalue weighted by atomic mass is 10.2. The van der Waals surface area contributed by atoms with Crippen molar-refractivity contribution in [2.24, 2.45) is 0 Å². The SMILES string of the molecule is C[C@H](C(=O)NCc1cccnc1OC1CCCC1)n1cnc2ccccc21. The van der Waals surface area contributed by atoms with E-state index in [-0.39, 0.29) is 18.1 Å². The molecule has 1 fully saturated rings. The molecule has 1 aromatic carbocycles. The van der Waals surface area contributed by atoms with Gasteiger partial charge in [-0.3, -0.25) is 4.79 Å². The summed E-state index contributed by atoms with van der Waals surface area (Å²) >= 11 is 0. The van der Waals surface area contributed by atoms with Crippen molar-refractivity contribution < 1.29 is 9.53 Å². The number of imidazole rings is 1. The Labute approximate surface area is 158 Å². The standard InChI is InChI=1S/C21H24N4O2/c1-15(25-14-24-18-10-4-5-11-19(18)25)20(26)23-13-16-7-6-12-22-21(16)27-17-8-2-3-9-17/h4-7,10-12,14-15,17H,2-3,8-9,13H2,1H3,(H,23,26)/t15-/m1/s1. The molecule has 6 nitrogen and oxygen atoms in total. The summed E-state index contributed by atoms with van der Waals surface area (Å²) in [4.78, 5) is 21.4. The van der Waals surface area contributed by atoms with Gasteiger partial charge in [-0.15, -0.1) is 0 Å². The summed E-state index contributed by atoms with van der Waals surface area (Å²) in [5.41, 5.74) is 2.74. The summed E-state index contributed by atoms with van der Waals surface area (Å²) in [5.74, 6) is 0.569. The fraction of sp³-hybridized carbons (Fsp3) is 0.381. The molecule has 6 heteroatoms. The molecule has 27 heavy (non-hydrogen) atoms. The third-order valence-electron chi connectivity index (χ3n) is 5.16. The molecule has 1 aliphatic carbocycles. The fourth-order valence-electron chi connectivity index (χ4n) is 3.57. The van der Waals surface area contributed by atoms with Crippen molar-refractivity contribution in [1.82, 2.24) is 19.9 Å². The second kappa shape index (κ2) is 7.78. The van der Waals surface area contributed by atoms with Gasteiger partial charge in [0.25, 0.3) is 0 Å². The summed E-state index contributed by atoms with van der Waals surface area (Å²) in [7, 11) is 0. The first-order chi connectivity index (χ1) is 13.2. The number of hydrogen-bond donors (Lipinski definition) is 1. The number of pyridine rings is 1. The van der Waals surface area contributed by atoms with Gasteiger partial charge in [-0.2, -0.15) is 0 Å². The minimum absolute atomic E-state index is 0.0613. The van der Waals surface area contributed by atoms with Crippen molar-refractivity contribution in [2.45, 2.75) is 51.3 Å². The van der Waals surface area contributed by atoms with Crippen LogP contribution in [-0.2, 0) is 11.3 Å². The van der Waals surface area contributed by atoms with Crippen molar-refractivity contribution in [3.8, 4) is 5.88 Å². The minimum atomic E-state index is -0.353. The van der Waals surface area contributed by atoms with Gasteiger partial charge in [-0.05, 0) is 50.8 Å². The molecule has 0 spiro atoms. The summed E-state index contributed by atoms with van der Waals surface area (Å²) in [5, 5.41) is 3.01. The molecular formula is C21H24N4O2. The van der Waals surface area contributed by atoms with Crippen LogP contribution in [0.4, 0.5) is 0 Å². The monoisotopic (exact) mass is 364 g/mol. The van der Waals surface area contributed by atoms with Crippen molar-refractivity contribution in [3.63, 3.8) is 0 Å². The molecule has 4 rings (SSSR count). The number of carbonyl (C=O) groups excluding carboxylic acids is 1. The molecule has 2 aromatic heterocycles. The highest BCUT2D eigenvalue weighted by atomic mass is 16.5. The number of rotatable bonds is 6. The van der Waals surface area contributed by atoms with E-state index >= 15 is 0 Å². The fourth-order valence-corrected chi connectivity index (χ4v) is 3.57. The second-order valence-corrected chi connectivity index (χ2v) is 7.03. The molecule has 1 saturated carbocycles. The molecule has 3 aromatic rings. The van der Waals surface area contributed by atoms with Gasteiger partial charge in [0.05, 0.1) is 17.4 Å². The molecule has 1 N–H and O–H groups in total. The Kier molecular flexibility index (Phi) is 5.05. The van der Waals surface area contributed by atoms with Crippen LogP contribution >= 0.6 is 0 Å². The first-order valence-electron chi connectivity index (χ1n) is 9.52. The predicted molar refractivity (Wildman–Crippen MR) is 103 cm³/mol. The Bertz CT molecular complexity index is 931. The lowest BCUT2D eigenvalue weighted by molar-refractivity contribution is -0.123. The molecule has 0 saturated heterocycles. The first kappa shape index (κ1) is 17.5. The maximum Gasteiger partial charge on any atom is 0.243 e. The number of amides is 1. The van der Waals surface area contributed by atoms with Crippen molar-refractivity contribution in [2.75, 3.05) is 0 Å². The highest BCUT2D eigenvalue weighted by Gasteiger charge is 2.20. The van der Waals surface area contributed by atoms with E-state index in [1.807, 2.05) is 47.9 Å². The first-order valence-corrected chi connectivity index (χ1v) is 9.52. The van der Waals surface area contributed by atoms with Crippen LogP contribution in [0.5, 0.6) is 5.88 Å². The molecule has 2 heterocycles. The maximum atomic E-state index is 12.7. The van der Waals surface area contributed by atoms with Gasteiger partial charge in [0, 0.05) is 18.3 Å². The average Bonchev–Trinajstić information content (AvgIpc) is 3.36. The van der Waals surface area contributed by atoms with E-state index in [0.717, 1.165) is 29.4 Å². The molecule has 1 atom stereocenters. The third kappa shape index (κ3) is 3.79. The molecule has 1 amide bonds. The number of nitrogens with one attached hydrogen (secondary N) is 1. The number of carbonyl (C=O) groups is 1. The minimum Gasteiger partial charge on any atom is -0.474 e. The molecule has 0 unspecified atom stereocenters. The molecule has 0 aliphatic heterocycles. The van der Waals surface area contributed by atoms with E-state index in [1.165, 1.54) is 12.8 Å². The predicted octanol–water partition coefficient (Wildman–Crippen LogP) is 3.63. The number of fused-ring (bicyclic) bond motifs is 1. The Morgan fingerprint density at radius 2 is 2.04 bits per heavy atom. The molecule has 140 valence electrons. The van der Waals surface area contributed by atoms with Gasteiger partial charge >= 0.3 is 0 Å². The number of ether oxygens (including phenoxy) is 1. The van der Waals surface area contributed by atoms with Gasteiger partial charge in [-0.1, -0.05) is 18.2 Å². The summed E-state index contributed by atoms with van der Waals surface area (Å²) < 4.78 is 7.94. The zero-order chi connectivity index (χ0) is 18.6. The van der Waals surface area contributed by atoms with E-state index in [1.54, 1.807) is 12.5 Å². The highest BCUT2D eigenvalue weighted by molar-refractivity contribution is 5.83. The Hall–Kier alpha value is -2.89. The van der Waals surface area contributed by atoms with Gasteiger partial charge < -0.3 is 14.6 Å². The van der Waals surface area contributed by atoms with Crippen molar-refractivity contribution in [3.05, 3.63) is 54.5 Å². The van der Waals surface area contributed by atoms with Crippen LogP contribution in [-0.4, -0.2) is 26.5 Å². The lowest BCUT2D eigenvalue weighted by Gasteiger charge is -2.17. The molecule has 1 aliphatic rings. The van der Waals surface area contributed by atoms with E-state index in [2.05, 4.69) is 15.3 Å². The van der Waals surface area contributed by atoms with E-state index in [9.17, 15) is 4.79 Å². The normalized spacial score (nSPS) is 15.7. The smallest absolute Gasteiger partial charge is 0.243 e. The Balaban J connectivity index is 1.43. The van der Waals surface area contributed by atoms with Gasteiger partial charge in [-0.25, -0.2) is 9.97 Å². The van der Waals surface area contributed by atoms with Crippen LogP contribution in [0.3, 0.4) is 0 Å². The van der Waals surface area contributed by atoms with Crippen LogP contribution in [0.15, 0.2) is 48.9 Å². The number of para-hydroxylation sites is 2. The zero-order valence-corrected chi connectivity index (χ0v) is 15.5. The average molecular weight is 364 g/mol. The van der Waals surface area contributed by atoms with Gasteiger partial charge in [0.2, 0.25) is 11.8 Å². The molecular weight excluding hydrogens is 340 g/mol. The molecule has 0 bridgehead atoms. The number of benzene rings is 1. The highest BCUT2D eigenvalue weighted by Crippen LogP contribution is 2.25. The maximum absolute atomic E-state index is 12.7. The largest absolute Gasteiger partial charge is 0.474 e. The number of hydrogen-bond acceptors (Lipinski definition) is 4. The van der Waals surface area contributed by atoms with Crippen LogP contribution < -0.4 is 10.1 Å². The zero-order valence-electron chi connectivity index (χ0n) is 15.5. The topological polar surface area (TPSA) is 69.0 Å². The summed E-state index contributed by atoms with van der Waals surface area (Å²) in [6.45, 7) is 2.27. The summed E-state index contributed by atoms with van der Waals surface area (Å²) in [6.07, 6.45) is 8.26. The van der Waals surface area contributed by atoms with Gasteiger partial charge in [0.1, 0.15) is 12.1 Å². The van der Waals surface area contributed by atoms with Crippen molar-refractivity contribution >= 4 is 16.9 Å². The summed E-state index contributed by atoms with van der Waals surface area (Å²) in [6, 6.07) is 11.3.